The number of anilines is 1. The first-order valence-corrected chi connectivity index (χ1v) is 7.55. The summed E-state index contributed by atoms with van der Waals surface area (Å²) in [5.74, 6) is 1.23. The highest BCUT2D eigenvalue weighted by Crippen LogP contribution is 2.32. The molecule has 3 rings (SSSR count). The molecule has 1 aliphatic rings. The summed E-state index contributed by atoms with van der Waals surface area (Å²) in [5, 5.41) is 7.43. The van der Waals surface area contributed by atoms with Crippen LogP contribution in [0.25, 0.3) is 0 Å². The molecular weight excluding hydrogens is 272 g/mol. The van der Waals surface area contributed by atoms with E-state index in [1.807, 2.05) is 30.0 Å². The smallest absolute Gasteiger partial charge is 0.237 e. The molecule has 0 saturated heterocycles. The number of para-hydroxylation sites is 1. The summed E-state index contributed by atoms with van der Waals surface area (Å²) >= 11 is 1.37. The minimum atomic E-state index is 0.106. The molecule has 6 heteroatoms. The normalized spacial score (nSPS) is 17.3. The minimum absolute atomic E-state index is 0.106. The zero-order valence-electron chi connectivity index (χ0n) is 11.5. The second-order valence-electron chi connectivity index (χ2n) is 4.94. The molecule has 2 aromatic rings. The van der Waals surface area contributed by atoms with Crippen molar-refractivity contribution in [1.82, 2.24) is 15.2 Å². The van der Waals surface area contributed by atoms with Crippen LogP contribution in [0.1, 0.15) is 18.3 Å². The number of amides is 1. The van der Waals surface area contributed by atoms with Crippen LogP contribution in [0.2, 0.25) is 0 Å². The Balaban J connectivity index is 1.71. The molecule has 1 aromatic carbocycles. The number of thioether (sulfide) groups is 1. The molecule has 5 nitrogen and oxygen atoms in total. The number of aromatic amines is 1. The van der Waals surface area contributed by atoms with Gasteiger partial charge in [-0.3, -0.25) is 9.89 Å². The van der Waals surface area contributed by atoms with Gasteiger partial charge in [0.2, 0.25) is 11.1 Å². The Hall–Kier alpha value is -1.82. The fraction of sp³-hybridized carbons (Fsp3) is 0.357. The van der Waals surface area contributed by atoms with E-state index in [2.05, 4.69) is 28.2 Å². The summed E-state index contributed by atoms with van der Waals surface area (Å²) in [6.45, 7) is 3.93. The van der Waals surface area contributed by atoms with Gasteiger partial charge in [0.15, 0.2) is 0 Å². The van der Waals surface area contributed by atoms with Crippen LogP contribution >= 0.6 is 11.8 Å². The number of hydrogen-bond donors (Lipinski definition) is 1. The molecule has 0 unspecified atom stereocenters. The van der Waals surface area contributed by atoms with E-state index in [1.54, 1.807) is 0 Å². The molecule has 20 heavy (non-hydrogen) atoms. The Morgan fingerprint density at radius 2 is 2.30 bits per heavy atom. The third-order valence-electron chi connectivity index (χ3n) is 3.38. The average molecular weight is 288 g/mol. The number of carbonyl (C=O) groups is 1. The van der Waals surface area contributed by atoms with E-state index in [-0.39, 0.29) is 11.9 Å². The van der Waals surface area contributed by atoms with Crippen LogP contribution in [0.3, 0.4) is 0 Å². The van der Waals surface area contributed by atoms with E-state index < -0.39 is 0 Å². The summed E-state index contributed by atoms with van der Waals surface area (Å²) in [5.41, 5.74) is 2.28. The molecule has 0 aliphatic carbocycles. The van der Waals surface area contributed by atoms with Gasteiger partial charge in [-0.1, -0.05) is 30.0 Å². The third-order valence-corrected chi connectivity index (χ3v) is 4.21. The number of nitrogens with zero attached hydrogens (tertiary/aromatic N) is 3. The van der Waals surface area contributed by atoms with E-state index in [0.717, 1.165) is 17.9 Å². The van der Waals surface area contributed by atoms with Gasteiger partial charge < -0.3 is 4.90 Å². The second kappa shape index (κ2) is 5.28. The highest BCUT2D eigenvalue weighted by atomic mass is 32.2. The van der Waals surface area contributed by atoms with Gasteiger partial charge in [0.25, 0.3) is 0 Å². The molecule has 1 aliphatic heterocycles. The monoisotopic (exact) mass is 288 g/mol. The molecule has 0 saturated carbocycles. The predicted molar refractivity (Wildman–Crippen MR) is 78.9 cm³/mol. The zero-order chi connectivity index (χ0) is 14.1. The topological polar surface area (TPSA) is 61.9 Å². The maximum atomic E-state index is 12.4. The van der Waals surface area contributed by atoms with E-state index in [4.69, 9.17) is 0 Å². The minimum Gasteiger partial charge on any atom is -0.308 e. The van der Waals surface area contributed by atoms with Crippen LogP contribution in [-0.2, 0) is 11.2 Å². The van der Waals surface area contributed by atoms with Crippen molar-refractivity contribution < 1.29 is 4.79 Å². The highest BCUT2D eigenvalue weighted by Gasteiger charge is 2.30. The summed E-state index contributed by atoms with van der Waals surface area (Å²) in [6, 6.07) is 8.31. The number of rotatable bonds is 3. The third kappa shape index (κ3) is 2.43. The molecule has 1 amide bonds. The molecule has 0 bridgehead atoms. The Morgan fingerprint density at radius 3 is 3.05 bits per heavy atom. The van der Waals surface area contributed by atoms with Gasteiger partial charge in [-0.15, -0.1) is 5.10 Å². The lowest BCUT2D eigenvalue weighted by atomic mass is 10.1. The Labute approximate surface area is 121 Å². The maximum Gasteiger partial charge on any atom is 0.237 e. The van der Waals surface area contributed by atoms with Crippen LogP contribution in [0.4, 0.5) is 5.69 Å². The lowest BCUT2D eigenvalue weighted by Crippen LogP contribution is -2.36. The Kier molecular flexibility index (Phi) is 3.48. The van der Waals surface area contributed by atoms with E-state index in [1.165, 1.54) is 17.3 Å². The van der Waals surface area contributed by atoms with E-state index >= 15 is 0 Å². The number of nitrogens with one attached hydrogen (secondary N) is 1. The van der Waals surface area contributed by atoms with Crippen molar-refractivity contribution in [2.45, 2.75) is 31.5 Å². The number of H-pyrrole nitrogens is 1. The summed E-state index contributed by atoms with van der Waals surface area (Å²) in [4.78, 5) is 18.5. The van der Waals surface area contributed by atoms with Crippen LogP contribution in [-0.4, -0.2) is 32.9 Å². The van der Waals surface area contributed by atoms with Crippen molar-refractivity contribution >= 4 is 23.4 Å². The molecule has 1 N–H and O–H groups in total. The van der Waals surface area contributed by atoms with Crippen LogP contribution < -0.4 is 4.90 Å². The van der Waals surface area contributed by atoms with Crippen molar-refractivity contribution in [3.63, 3.8) is 0 Å². The first-order valence-electron chi connectivity index (χ1n) is 6.57. The maximum absolute atomic E-state index is 12.4. The van der Waals surface area contributed by atoms with Gasteiger partial charge in [0.05, 0.1) is 5.75 Å². The van der Waals surface area contributed by atoms with Gasteiger partial charge in [-0.2, -0.15) is 0 Å². The van der Waals surface area contributed by atoms with E-state index in [9.17, 15) is 4.79 Å². The van der Waals surface area contributed by atoms with Crippen LogP contribution in [0.15, 0.2) is 29.4 Å². The van der Waals surface area contributed by atoms with Crippen molar-refractivity contribution in [1.29, 1.82) is 0 Å². The second-order valence-corrected chi connectivity index (χ2v) is 5.88. The number of hydrogen-bond acceptors (Lipinski definition) is 4. The Morgan fingerprint density at radius 1 is 1.50 bits per heavy atom. The highest BCUT2D eigenvalue weighted by molar-refractivity contribution is 7.99. The molecule has 0 radical (unpaired) electrons. The summed E-state index contributed by atoms with van der Waals surface area (Å²) in [7, 11) is 0. The number of carbonyl (C=O) groups excluding carboxylic acids is 1. The number of fused-ring (bicyclic) bond motifs is 1. The molecule has 0 spiro atoms. The van der Waals surface area contributed by atoms with Crippen molar-refractivity contribution in [3.05, 3.63) is 35.7 Å². The molecule has 1 atom stereocenters. The number of aryl methyl sites for hydroxylation is 1. The van der Waals surface area contributed by atoms with E-state index in [0.29, 0.717) is 10.9 Å². The van der Waals surface area contributed by atoms with Gasteiger partial charge in [0.1, 0.15) is 5.82 Å². The summed E-state index contributed by atoms with van der Waals surface area (Å²) < 4.78 is 0. The molecule has 2 heterocycles. The van der Waals surface area contributed by atoms with Crippen LogP contribution in [0, 0.1) is 6.92 Å². The molecule has 0 fully saturated rings. The van der Waals surface area contributed by atoms with Gasteiger partial charge in [-0.25, -0.2) is 4.98 Å². The predicted octanol–water partition coefficient (Wildman–Crippen LogP) is 2.18. The largest absolute Gasteiger partial charge is 0.308 e. The van der Waals surface area contributed by atoms with Gasteiger partial charge in [0, 0.05) is 11.7 Å². The van der Waals surface area contributed by atoms with Crippen molar-refractivity contribution in [3.8, 4) is 0 Å². The van der Waals surface area contributed by atoms with Gasteiger partial charge >= 0.3 is 0 Å². The lowest BCUT2D eigenvalue weighted by molar-refractivity contribution is -0.116. The summed E-state index contributed by atoms with van der Waals surface area (Å²) in [6.07, 6.45) is 0.923. The molecule has 104 valence electrons. The fourth-order valence-corrected chi connectivity index (χ4v) is 3.23. The fourth-order valence-electron chi connectivity index (χ4n) is 2.53. The molecular formula is C14H16N4OS. The Bertz CT molecular complexity index is 640. The first kappa shape index (κ1) is 13.2. The zero-order valence-corrected chi connectivity index (χ0v) is 12.3. The lowest BCUT2D eigenvalue weighted by Gasteiger charge is -2.22. The number of benzene rings is 1. The van der Waals surface area contributed by atoms with Gasteiger partial charge in [-0.05, 0) is 31.9 Å². The van der Waals surface area contributed by atoms with Crippen molar-refractivity contribution in [2.75, 3.05) is 10.7 Å². The average Bonchev–Trinajstić information content (AvgIpc) is 2.98. The van der Waals surface area contributed by atoms with Crippen LogP contribution in [0.5, 0.6) is 0 Å². The molecule has 1 aromatic heterocycles. The quantitative estimate of drug-likeness (QED) is 0.879. The SMILES string of the molecule is Cc1nc(SCC(=O)N2c3ccccc3C[C@H]2C)n[nH]1. The first-order chi connectivity index (χ1) is 9.65. The number of aromatic nitrogens is 3. The van der Waals surface area contributed by atoms with Crippen molar-refractivity contribution in [2.24, 2.45) is 0 Å². The standard InChI is InChI=1S/C14H16N4OS/c1-9-7-11-5-3-4-6-12(11)18(9)13(19)8-20-14-15-10(2)16-17-14/h3-6,9H,7-8H2,1-2H3,(H,15,16,17)/t9-/m1/s1.